The van der Waals surface area contributed by atoms with Gasteiger partial charge < -0.3 is 14.8 Å². The summed E-state index contributed by atoms with van der Waals surface area (Å²) in [6.07, 6.45) is 0. The molecule has 0 aliphatic heterocycles. The van der Waals surface area contributed by atoms with E-state index >= 15 is 0 Å². The van der Waals surface area contributed by atoms with Gasteiger partial charge in [0.15, 0.2) is 0 Å². The van der Waals surface area contributed by atoms with Crippen molar-refractivity contribution in [1.82, 2.24) is 5.32 Å². The molecule has 0 saturated heterocycles. The van der Waals surface area contributed by atoms with E-state index in [9.17, 15) is 4.39 Å². The first-order valence-corrected chi connectivity index (χ1v) is 6.80. The van der Waals surface area contributed by atoms with Gasteiger partial charge in [0.25, 0.3) is 0 Å². The number of methoxy groups -OCH3 is 2. The van der Waals surface area contributed by atoms with E-state index in [1.165, 1.54) is 6.07 Å². The highest BCUT2D eigenvalue weighted by Gasteiger charge is 2.05. The Labute approximate surface area is 124 Å². The van der Waals surface area contributed by atoms with Gasteiger partial charge >= 0.3 is 0 Å². The first kappa shape index (κ1) is 15.3. The Morgan fingerprint density at radius 1 is 0.952 bits per heavy atom. The molecule has 0 heterocycles. The number of hydrogen-bond donors (Lipinski definition) is 1. The maximum atomic E-state index is 13.1. The molecule has 0 radical (unpaired) electrons. The zero-order chi connectivity index (χ0) is 15.2. The minimum Gasteiger partial charge on any atom is -0.497 e. The van der Waals surface area contributed by atoms with Crippen molar-refractivity contribution >= 4 is 0 Å². The van der Waals surface area contributed by atoms with E-state index in [4.69, 9.17) is 9.47 Å². The lowest BCUT2D eigenvalue weighted by molar-refractivity contribution is 0.390. The molecule has 0 bridgehead atoms. The van der Waals surface area contributed by atoms with Crippen molar-refractivity contribution in [1.29, 1.82) is 0 Å². The summed E-state index contributed by atoms with van der Waals surface area (Å²) in [5.74, 6) is 1.36. The van der Waals surface area contributed by atoms with Crippen LogP contribution in [0.3, 0.4) is 0 Å². The van der Waals surface area contributed by atoms with E-state index in [2.05, 4.69) is 5.32 Å². The van der Waals surface area contributed by atoms with Gasteiger partial charge in [0, 0.05) is 24.7 Å². The second-order valence-corrected chi connectivity index (χ2v) is 4.85. The molecule has 112 valence electrons. The molecule has 0 aliphatic carbocycles. The fourth-order valence-corrected chi connectivity index (χ4v) is 2.19. The smallest absolute Gasteiger partial charge is 0.127 e. The van der Waals surface area contributed by atoms with Crippen LogP contribution in [0, 0.1) is 12.7 Å². The van der Waals surface area contributed by atoms with Crippen LogP contribution in [0.25, 0.3) is 0 Å². The third kappa shape index (κ3) is 3.95. The molecule has 3 nitrogen and oxygen atoms in total. The molecule has 2 aromatic rings. The standard InChI is InChI=1S/C17H20FNO2/c1-12-8-15(18)6-4-13(12)10-19-11-14-5-7-16(20-2)9-17(14)21-3/h4-9,19H,10-11H2,1-3H3. The van der Waals surface area contributed by atoms with Crippen molar-refractivity contribution in [3.05, 3.63) is 58.9 Å². The van der Waals surface area contributed by atoms with Gasteiger partial charge in [-0.1, -0.05) is 12.1 Å². The summed E-state index contributed by atoms with van der Waals surface area (Å²) in [6, 6.07) is 10.6. The highest BCUT2D eigenvalue weighted by atomic mass is 19.1. The fraction of sp³-hybridized carbons (Fsp3) is 0.294. The Morgan fingerprint density at radius 2 is 1.67 bits per heavy atom. The van der Waals surface area contributed by atoms with Gasteiger partial charge in [-0.15, -0.1) is 0 Å². The highest BCUT2D eigenvalue weighted by molar-refractivity contribution is 5.40. The van der Waals surface area contributed by atoms with E-state index in [0.29, 0.717) is 13.1 Å². The van der Waals surface area contributed by atoms with E-state index in [1.54, 1.807) is 20.3 Å². The maximum absolute atomic E-state index is 13.1. The van der Waals surface area contributed by atoms with Gasteiger partial charge in [0.05, 0.1) is 14.2 Å². The predicted octanol–water partition coefficient (Wildman–Crippen LogP) is 3.44. The molecule has 0 saturated carbocycles. The van der Waals surface area contributed by atoms with Crippen molar-refractivity contribution in [3.63, 3.8) is 0 Å². The number of hydrogen-bond acceptors (Lipinski definition) is 3. The fourth-order valence-electron chi connectivity index (χ4n) is 2.19. The van der Waals surface area contributed by atoms with Gasteiger partial charge in [-0.25, -0.2) is 4.39 Å². The lowest BCUT2D eigenvalue weighted by Crippen LogP contribution is -2.14. The normalized spacial score (nSPS) is 10.5. The van der Waals surface area contributed by atoms with E-state index < -0.39 is 0 Å². The van der Waals surface area contributed by atoms with Crippen LogP contribution < -0.4 is 14.8 Å². The first-order chi connectivity index (χ1) is 10.1. The average molecular weight is 289 g/mol. The molecule has 0 fully saturated rings. The summed E-state index contributed by atoms with van der Waals surface area (Å²) in [4.78, 5) is 0. The Bertz CT molecular complexity index is 614. The Morgan fingerprint density at radius 3 is 2.33 bits per heavy atom. The second kappa shape index (κ2) is 7.09. The third-order valence-corrected chi connectivity index (χ3v) is 3.43. The van der Waals surface area contributed by atoms with Gasteiger partial charge in [0.2, 0.25) is 0 Å². The van der Waals surface area contributed by atoms with E-state index in [-0.39, 0.29) is 5.82 Å². The monoisotopic (exact) mass is 289 g/mol. The molecular formula is C17H20FNO2. The second-order valence-electron chi connectivity index (χ2n) is 4.85. The van der Waals surface area contributed by atoms with Gasteiger partial charge in [-0.3, -0.25) is 0 Å². The molecular weight excluding hydrogens is 269 g/mol. The first-order valence-electron chi connectivity index (χ1n) is 6.80. The Hall–Kier alpha value is -2.07. The van der Waals surface area contributed by atoms with Crippen molar-refractivity contribution in [2.75, 3.05) is 14.2 Å². The number of aryl methyl sites for hydroxylation is 1. The third-order valence-electron chi connectivity index (χ3n) is 3.43. The molecule has 0 atom stereocenters. The summed E-state index contributed by atoms with van der Waals surface area (Å²) in [6.45, 7) is 3.26. The molecule has 4 heteroatoms. The molecule has 0 unspecified atom stereocenters. The molecule has 2 aromatic carbocycles. The predicted molar refractivity (Wildman–Crippen MR) is 81.2 cm³/mol. The van der Waals surface area contributed by atoms with Crippen LogP contribution in [0.4, 0.5) is 4.39 Å². The van der Waals surface area contributed by atoms with Crippen molar-refractivity contribution in [3.8, 4) is 11.5 Å². The van der Waals surface area contributed by atoms with Crippen LogP contribution in [0.1, 0.15) is 16.7 Å². The lowest BCUT2D eigenvalue weighted by atomic mass is 10.1. The quantitative estimate of drug-likeness (QED) is 0.883. The van der Waals surface area contributed by atoms with Gasteiger partial charge in [0.1, 0.15) is 17.3 Å². The van der Waals surface area contributed by atoms with Crippen LogP contribution in [0.5, 0.6) is 11.5 Å². The molecule has 21 heavy (non-hydrogen) atoms. The van der Waals surface area contributed by atoms with Crippen LogP contribution in [0.15, 0.2) is 36.4 Å². The van der Waals surface area contributed by atoms with E-state index in [0.717, 1.165) is 28.2 Å². The number of rotatable bonds is 6. The largest absolute Gasteiger partial charge is 0.497 e. The molecule has 1 N–H and O–H groups in total. The van der Waals surface area contributed by atoms with E-state index in [1.807, 2.05) is 31.2 Å². The Kier molecular flexibility index (Phi) is 5.17. The SMILES string of the molecule is COc1ccc(CNCc2ccc(F)cc2C)c(OC)c1. The number of benzene rings is 2. The van der Waals surface area contributed by atoms with Crippen molar-refractivity contribution in [2.24, 2.45) is 0 Å². The molecule has 0 amide bonds. The summed E-state index contributed by atoms with van der Waals surface area (Å²) in [5.41, 5.74) is 3.09. The summed E-state index contributed by atoms with van der Waals surface area (Å²) >= 11 is 0. The molecule has 0 aliphatic rings. The van der Waals surface area contributed by atoms with Gasteiger partial charge in [-0.05, 0) is 36.2 Å². The number of nitrogens with one attached hydrogen (secondary N) is 1. The molecule has 0 spiro atoms. The number of ether oxygens (including phenoxy) is 2. The molecule has 0 aromatic heterocycles. The van der Waals surface area contributed by atoms with Crippen molar-refractivity contribution < 1.29 is 13.9 Å². The summed E-state index contributed by atoms with van der Waals surface area (Å²) in [7, 11) is 3.27. The van der Waals surface area contributed by atoms with Crippen LogP contribution in [-0.2, 0) is 13.1 Å². The average Bonchev–Trinajstić information content (AvgIpc) is 2.49. The topological polar surface area (TPSA) is 30.5 Å². The zero-order valence-corrected chi connectivity index (χ0v) is 12.6. The number of halogens is 1. The van der Waals surface area contributed by atoms with Crippen LogP contribution in [0.2, 0.25) is 0 Å². The Balaban J connectivity index is 2.00. The zero-order valence-electron chi connectivity index (χ0n) is 12.6. The van der Waals surface area contributed by atoms with Crippen molar-refractivity contribution in [2.45, 2.75) is 20.0 Å². The molecule has 2 rings (SSSR count). The highest BCUT2D eigenvalue weighted by Crippen LogP contribution is 2.24. The van der Waals surface area contributed by atoms with Gasteiger partial charge in [-0.2, -0.15) is 0 Å². The summed E-state index contributed by atoms with van der Waals surface area (Å²) < 4.78 is 23.6. The summed E-state index contributed by atoms with van der Waals surface area (Å²) in [5, 5.41) is 3.35. The van der Waals surface area contributed by atoms with Crippen LogP contribution in [-0.4, -0.2) is 14.2 Å². The lowest BCUT2D eigenvalue weighted by Gasteiger charge is -2.12. The minimum atomic E-state index is -0.201. The maximum Gasteiger partial charge on any atom is 0.127 e. The minimum absolute atomic E-state index is 0.201. The van der Waals surface area contributed by atoms with Crippen LogP contribution >= 0.6 is 0 Å².